The molecule has 0 atom stereocenters. The maximum absolute atomic E-state index is 12.9. The molecule has 236 valence electrons. The Labute approximate surface area is 264 Å². The van der Waals surface area contributed by atoms with E-state index in [9.17, 15) is 14.4 Å². The van der Waals surface area contributed by atoms with Gasteiger partial charge in [-0.2, -0.15) is 4.98 Å². The number of anilines is 3. The number of hydrogen-bond donors (Lipinski definition) is 3. The molecular weight excluding hydrogens is 584 g/mol. The lowest BCUT2D eigenvalue weighted by Gasteiger charge is -2.20. The number of aromatic nitrogens is 2. The minimum Gasteiger partial charge on any atom is -0.378 e. The number of benzene rings is 1. The zero-order valence-corrected chi connectivity index (χ0v) is 26.9. The number of nitrogens with zero attached hydrogens (tertiary/aromatic N) is 5. The highest BCUT2D eigenvalue weighted by Crippen LogP contribution is 2.27. The van der Waals surface area contributed by atoms with Crippen molar-refractivity contribution in [3.05, 3.63) is 89.4 Å². The Kier molecular flexibility index (Phi) is 14.4. The summed E-state index contributed by atoms with van der Waals surface area (Å²) in [7, 11) is 10.4. The Balaban J connectivity index is 2.26. The number of halogens is 1. The quantitative estimate of drug-likeness (QED) is 0.104. The first-order chi connectivity index (χ1) is 20.9. The van der Waals surface area contributed by atoms with Gasteiger partial charge in [-0.25, -0.2) is 4.98 Å². The number of amides is 2. The summed E-state index contributed by atoms with van der Waals surface area (Å²) in [6, 6.07) is 6.55. The van der Waals surface area contributed by atoms with Crippen LogP contribution in [0.3, 0.4) is 0 Å². The minimum absolute atomic E-state index is 0.122. The molecule has 0 bridgehead atoms. The zero-order valence-electron chi connectivity index (χ0n) is 26.1. The highest BCUT2D eigenvalue weighted by Gasteiger charge is 2.22. The molecule has 2 amide bonds. The number of likely N-dealkylation sites (N-methyl/N-ethyl adjacent to an activating group) is 3. The first-order valence-corrected chi connectivity index (χ1v) is 14.0. The molecule has 0 radical (unpaired) electrons. The molecule has 0 unspecified atom stereocenters. The average Bonchev–Trinajstić information content (AvgIpc) is 2.97. The summed E-state index contributed by atoms with van der Waals surface area (Å²) in [5, 5.41) is 9.15. The van der Waals surface area contributed by atoms with Gasteiger partial charge >= 0.3 is 0 Å². The van der Waals surface area contributed by atoms with E-state index in [4.69, 9.17) is 16.3 Å². The van der Waals surface area contributed by atoms with E-state index in [0.29, 0.717) is 29.2 Å². The third-order valence-electron chi connectivity index (χ3n) is 5.94. The van der Waals surface area contributed by atoms with Crippen LogP contribution in [0.2, 0.25) is 5.02 Å². The fourth-order valence-corrected chi connectivity index (χ4v) is 3.81. The summed E-state index contributed by atoms with van der Waals surface area (Å²) in [5.41, 5.74) is 1.86. The summed E-state index contributed by atoms with van der Waals surface area (Å²) in [6.07, 6.45) is 6.23. The lowest BCUT2D eigenvalue weighted by Crippen LogP contribution is -2.34. The Bertz CT molecular complexity index is 1420. The molecule has 0 fully saturated rings. The standard InChI is InChI=1S/C31H41ClN8O4/c1-9-12-22(34-29(42)21(2)19-40(7)16-15-38(3)4)17-23(20-44-8)35-31-33-18-25(32)28(37-31)36-26-14-11-10-13-24(26)27(41)30(43)39(5)6/h9-14,17-18H,1-2,15-16,19-20H2,3-8H3,(H,34,42)(H2,33,35,36,37)/b22-12+,23-17+. The van der Waals surface area contributed by atoms with Crippen molar-refractivity contribution >= 4 is 46.7 Å². The van der Waals surface area contributed by atoms with Gasteiger partial charge in [0.1, 0.15) is 5.02 Å². The second-order valence-electron chi connectivity index (χ2n) is 10.3. The summed E-state index contributed by atoms with van der Waals surface area (Å²) >= 11 is 6.38. The van der Waals surface area contributed by atoms with Crippen LogP contribution in [0.4, 0.5) is 17.5 Å². The van der Waals surface area contributed by atoms with Crippen LogP contribution in [0.1, 0.15) is 10.4 Å². The van der Waals surface area contributed by atoms with E-state index in [1.165, 1.54) is 38.4 Å². The molecule has 2 aromatic rings. The highest BCUT2D eigenvalue weighted by molar-refractivity contribution is 6.43. The van der Waals surface area contributed by atoms with E-state index in [1.54, 1.807) is 36.4 Å². The lowest BCUT2D eigenvalue weighted by atomic mass is 10.1. The minimum atomic E-state index is -0.682. The zero-order chi connectivity index (χ0) is 32.8. The molecule has 13 heteroatoms. The van der Waals surface area contributed by atoms with Crippen LogP contribution in [0.25, 0.3) is 0 Å². The lowest BCUT2D eigenvalue weighted by molar-refractivity contribution is -0.124. The van der Waals surface area contributed by atoms with Gasteiger partial charge in [0, 0.05) is 57.8 Å². The highest BCUT2D eigenvalue weighted by atomic mass is 35.5. The number of ketones is 1. The van der Waals surface area contributed by atoms with Gasteiger partial charge in [0.25, 0.3) is 17.6 Å². The van der Waals surface area contributed by atoms with Crippen LogP contribution < -0.4 is 16.0 Å². The Morgan fingerprint density at radius 1 is 1.09 bits per heavy atom. The summed E-state index contributed by atoms with van der Waals surface area (Å²) in [4.78, 5) is 52.0. The molecule has 2 rings (SSSR count). The number of hydrogen-bond acceptors (Lipinski definition) is 10. The van der Waals surface area contributed by atoms with Crippen LogP contribution in [-0.2, 0) is 14.3 Å². The number of ether oxygens (including phenoxy) is 1. The van der Waals surface area contributed by atoms with Gasteiger partial charge in [-0.15, -0.1) is 0 Å². The number of Topliss-reactive ketones (excluding diaryl/α,β-unsaturated/α-hetero) is 1. The molecule has 0 saturated carbocycles. The van der Waals surface area contributed by atoms with Gasteiger partial charge in [0.15, 0.2) is 5.82 Å². The van der Waals surface area contributed by atoms with Crippen LogP contribution in [0.5, 0.6) is 0 Å². The molecule has 44 heavy (non-hydrogen) atoms. The number of rotatable bonds is 17. The molecule has 1 heterocycles. The molecule has 0 aliphatic rings. The van der Waals surface area contributed by atoms with Gasteiger partial charge in [0.05, 0.1) is 24.1 Å². The molecule has 0 aliphatic heterocycles. The predicted octanol–water partition coefficient (Wildman–Crippen LogP) is 3.32. The van der Waals surface area contributed by atoms with Gasteiger partial charge < -0.3 is 35.4 Å². The normalized spacial score (nSPS) is 11.8. The van der Waals surface area contributed by atoms with Crippen LogP contribution in [0, 0.1) is 0 Å². The first kappa shape index (κ1) is 35.8. The average molecular weight is 625 g/mol. The third-order valence-corrected chi connectivity index (χ3v) is 6.21. The topological polar surface area (TPSA) is 132 Å². The number of allylic oxidation sites excluding steroid dienone is 3. The predicted molar refractivity (Wildman–Crippen MR) is 175 cm³/mol. The van der Waals surface area contributed by atoms with E-state index >= 15 is 0 Å². The van der Waals surface area contributed by atoms with Gasteiger partial charge in [-0.3, -0.25) is 14.4 Å². The summed E-state index contributed by atoms with van der Waals surface area (Å²) in [5.74, 6) is -1.33. The molecule has 0 aliphatic carbocycles. The molecule has 0 spiro atoms. The van der Waals surface area contributed by atoms with Crippen molar-refractivity contribution < 1.29 is 19.1 Å². The van der Waals surface area contributed by atoms with Crippen molar-refractivity contribution in [3.8, 4) is 0 Å². The molecular formula is C31H41ClN8O4. The Morgan fingerprint density at radius 3 is 2.43 bits per heavy atom. The maximum atomic E-state index is 12.9. The van der Waals surface area contributed by atoms with Crippen molar-refractivity contribution in [3.63, 3.8) is 0 Å². The molecule has 0 saturated heterocycles. The Morgan fingerprint density at radius 2 is 1.80 bits per heavy atom. The van der Waals surface area contributed by atoms with Crippen molar-refractivity contribution in [1.82, 2.24) is 30.0 Å². The monoisotopic (exact) mass is 624 g/mol. The smallest absolute Gasteiger partial charge is 0.294 e. The second kappa shape index (κ2) is 17.7. The van der Waals surface area contributed by atoms with Crippen LogP contribution in [0.15, 0.2) is 78.8 Å². The van der Waals surface area contributed by atoms with Crippen molar-refractivity contribution in [1.29, 1.82) is 0 Å². The molecule has 1 aromatic heterocycles. The number of nitrogens with one attached hydrogen (secondary N) is 3. The fraction of sp³-hybridized carbons (Fsp3) is 0.323. The van der Waals surface area contributed by atoms with E-state index in [1.807, 2.05) is 26.0 Å². The molecule has 1 aromatic carbocycles. The van der Waals surface area contributed by atoms with E-state index in [0.717, 1.165) is 13.1 Å². The number of carbonyl (C=O) groups excluding carboxylic acids is 3. The van der Waals surface area contributed by atoms with E-state index in [2.05, 4.69) is 44.0 Å². The van der Waals surface area contributed by atoms with Crippen molar-refractivity contribution in [2.24, 2.45) is 0 Å². The van der Waals surface area contributed by atoms with Crippen molar-refractivity contribution in [2.45, 2.75) is 0 Å². The fourth-order valence-electron chi connectivity index (χ4n) is 3.67. The first-order valence-electron chi connectivity index (χ1n) is 13.6. The van der Waals surface area contributed by atoms with E-state index in [-0.39, 0.29) is 34.9 Å². The summed E-state index contributed by atoms with van der Waals surface area (Å²) in [6.45, 7) is 9.84. The number of methoxy groups -OCH3 is 1. The largest absolute Gasteiger partial charge is 0.378 e. The summed E-state index contributed by atoms with van der Waals surface area (Å²) < 4.78 is 5.34. The number of para-hydroxylation sites is 1. The van der Waals surface area contributed by atoms with Crippen LogP contribution in [-0.4, -0.2) is 111 Å². The number of carbonyl (C=O) groups is 3. The SMILES string of the molecule is C=C/C=C(\C=C(/COC)Nc1ncc(Cl)c(Nc2ccccc2C(=O)C(=O)N(C)C)n1)NC(=O)C(=C)CN(C)CCN(C)C. The van der Waals surface area contributed by atoms with E-state index < -0.39 is 11.7 Å². The van der Waals surface area contributed by atoms with Crippen LogP contribution >= 0.6 is 11.6 Å². The molecule has 12 nitrogen and oxygen atoms in total. The Hall–Kier alpha value is -4.36. The van der Waals surface area contributed by atoms with Gasteiger partial charge in [-0.1, -0.05) is 43.0 Å². The van der Waals surface area contributed by atoms with Gasteiger partial charge in [-0.05, 0) is 45.4 Å². The molecule has 3 N–H and O–H groups in total. The van der Waals surface area contributed by atoms with Gasteiger partial charge in [0.2, 0.25) is 5.95 Å². The van der Waals surface area contributed by atoms with Crippen molar-refractivity contribution in [2.75, 3.05) is 79.2 Å². The second-order valence-corrected chi connectivity index (χ2v) is 10.7. The third kappa shape index (κ3) is 11.4. The maximum Gasteiger partial charge on any atom is 0.294 e.